The second-order valence-corrected chi connectivity index (χ2v) is 5.06. The molecule has 0 amide bonds. The van der Waals surface area contributed by atoms with Crippen LogP contribution in [0, 0.1) is 0 Å². The largest absolute Gasteiger partial charge is 0.423 e. The predicted molar refractivity (Wildman–Crippen MR) is 65.4 cm³/mol. The Hall–Kier alpha value is -0.980. The highest BCUT2D eigenvalue weighted by atomic mass is 16.7. The first-order valence-electron chi connectivity index (χ1n) is 7.00. The Balaban J connectivity index is 1.44. The number of rotatable bonds is 4. The van der Waals surface area contributed by atoms with E-state index in [1.165, 1.54) is 0 Å². The third kappa shape index (κ3) is 2.96. The highest BCUT2D eigenvalue weighted by Crippen LogP contribution is 2.36. The maximum atomic E-state index is 5.82. The maximum absolute atomic E-state index is 5.82. The van der Waals surface area contributed by atoms with Crippen LogP contribution in [0.15, 0.2) is 4.42 Å². The number of aryl methyl sites for hydroxylation is 1. The van der Waals surface area contributed by atoms with E-state index in [9.17, 15) is 0 Å². The molecule has 2 heterocycles. The number of aromatic nitrogens is 2. The fourth-order valence-corrected chi connectivity index (χ4v) is 2.66. The average Bonchev–Trinajstić information content (AvgIpc) is 3.08. The molecule has 6 nitrogen and oxygen atoms in total. The molecule has 0 bridgehead atoms. The smallest absolute Gasteiger partial charge is 0.242 e. The van der Waals surface area contributed by atoms with Gasteiger partial charge in [-0.1, -0.05) is 6.92 Å². The summed E-state index contributed by atoms with van der Waals surface area (Å²) in [6.07, 6.45) is 4.70. The van der Waals surface area contributed by atoms with E-state index in [4.69, 9.17) is 18.6 Å². The lowest BCUT2D eigenvalue weighted by atomic mass is 9.92. The van der Waals surface area contributed by atoms with Gasteiger partial charge in [-0.2, -0.15) is 0 Å². The molecule has 1 aromatic rings. The van der Waals surface area contributed by atoms with Crippen molar-refractivity contribution in [2.24, 2.45) is 0 Å². The molecule has 1 aromatic heterocycles. The Morgan fingerprint density at radius 2 is 1.84 bits per heavy atom. The average molecular weight is 268 g/mol. The van der Waals surface area contributed by atoms with Gasteiger partial charge in [0.15, 0.2) is 5.79 Å². The van der Waals surface area contributed by atoms with Crippen LogP contribution in [0.1, 0.15) is 44.4 Å². The minimum atomic E-state index is -0.320. The van der Waals surface area contributed by atoms with Gasteiger partial charge in [0.05, 0.1) is 19.3 Å². The molecule has 0 aromatic carbocycles. The summed E-state index contributed by atoms with van der Waals surface area (Å²) < 4.78 is 22.6. The van der Waals surface area contributed by atoms with E-state index in [2.05, 4.69) is 10.2 Å². The first kappa shape index (κ1) is 13.0. The SMILES string of the molecule is CCc1nnc(COC2CCC3(CC2)OCCO3)o1. The molecule has 1 spiro atoms. The second kappa shape index (κ2) is 5.56. The fraction of sp³-hybridized carbons (Fsp3) is 0.846. The molecule has 0 N–H and O–H groups in total. The van der Waals surface area contributed by atoms with Crippen molar-refractivity contribution in [1.82, 2.24) is 10.2 Å². The van der Waals surface area contributed by atoms with Crippen LogP contribution >= 0.6 is 0 Å². The quantitative estimate of drug-likeness (QED) is 0.830. The van der Waals surface area contributed by atoms with Crippen molar-refractivity contribution in [2.45, 2.75) is 57.5 Å². The summed E-state index contributed by atoms with van der Waals surface area (Å²) in [6, 6.07) is 0. The Bertz CT molecular complexity index is 405. The summed E-state index contributed by atoms with van der Waals surface area (Å²) >= 11 is 0. The molecule has 1 aliphatic heterocycles. The Kier molecular flexibility index (Phi) is 3.81. The zero-order valence-electron chi connectivity index (χ0n) is 11.3. The molecule has 2 aliphatic rings. The number of hydrogen-bond acceptors (Lipinski definition) is 6. The minimum Gasteiger partial charge on any atom is -0.423 e. The van der Waals surface area contributed by atoms with Crippen molar-refractivity contribution >= 4 is 0 Å². The van der Waals surface area contributed by atoms with E-state index in [1.807, 2.05) is 6.92 Å². The Morgan fingerprint density at radius 1 is 1.16 bits per heavy atom. The topological polar surface area (TPSA) is 66.6 Å². The molecule has 0 radical (unpaired) electrons. The normalized spacial score (nSPS) is 23.2. The number of ether oxygens (including phenoxy) is 3. The van der Waals surface area contributed by atoms with E-state index in [0.717, 1.165) is 32.1 Å². The Morgan fingerprint density at radius 3 is 2.47 bits per heavy atom. The van der Waals surface area contributed by atoms with Crippen LogP contribution in [-0.2, 0) is 27.2 Å². The van der Waals surface area contributed by atoms with Crippen molar-refractivity contribution in [3.63, 3.8) is 0 Å². The van der Waals surface area contributed by atoms with Crippen LogP contribution in [-0.4, -0.2) is 35.3 Å². The summed E-state index contributed by atoms with van der Waals surface area (Å²) in [5, 5.41) is 7.87. The Labute approximate surface area is 112 Å². The van der Waals surface area contributed by atoms with Gasteiger partial charge < -0.3 is 18.6 Å². The molecule has 19 heavy (non-hydrogen) atoms. The highest BCUT2D eigenvalue weighted by Gasteiger charge is 2.40. The van der Waals surface area contributed by atoms with Crippen LogP contribution in [0.2, 0.25) is 0 Å². The number of hydrogen-bond donors (Lipinski definition) is 0. The van der Waals surface area contributed by atoms with Gasteiger partial charge in [0.1, 0.15) is 6.61 Å². The van der Waals surface area contributed by atoms with Gasteiger partial charge in [-0.3, -0.25) is 0 Å². The van der Waals surface area contributed by atoms with Gasteiger partial charge in [-0.05, 0) is 12.8 Å². The van der Waals surface area contributed by atoms with Gasteiger partial charge in [-0.25, -0.2) is 0 Å². The van der Waals surface area contributed by atoms with Crippen molar-refractivity contribution < 1.29 is 18.6 Å². The lowest BCUT2D eigenvalue weighted by Gasteiger charge is -2.34. The van der Waals surface area contributed by atoms with Gasteiger partial charge in [0.2, 0.25) is 11.8 Å². The van der Waals surface area contributed by atoms with Crippen molar-refractivity contribution in [3.05, 3.63) is 11.8 Å². The van der Waals surface area contributed by atoms with Crippen LogP contribution in [0.25, 0.3) is 0 Å². The van der Waals surface area contributed by atoms with Gasteiger partial charge in [0, 0.05) is 19.3 Å². The van der Waals surface area contributed by atoms with Crippen molar-refractivity contribution in [1.29, 1.82) is 0 Å². The van der Waals surface area contributed by atoms with Crippen LogP contribution in [0.4, 0.5) is 0 Å². The second-order valence-electron chi connectivity index (χ2n) is 5.06. The first-order valence-corrected chi connectivity index (χ1v) is 7.00. The van der Waals surface area contributed by atoms with E-state index in [1.54, 1.807) is 0 Å². The van der Waals surface area contributed by atoms with Gasteiger partial charge in [-0.15, -0.1) is 10.2 Å². The van der Waals surface area contributed by atoms with Crippen molar-refractivity contribution in [3.8, 4) is 0 Å². The van der Waals surface area contributed by atoms with Crippen LogP contribution < -0.4 is 0 Å². The zero-order valence-corrected chi connectivity index (χ0v) is 11.3. The van der Waals surface area contributed by atoms with Crippen molar-refractivity contribution in [2.75, 3.05) is 13.2 Å². The summed E-state index contributed by atoms with van der Waals surface area (Å²) in [5.74, 6) is 0.902. The zero-order chi connectivity index (χ0) is 13.1. The third-order valence-electron chi connectivity index (χ3n) is 3.76. The first-order chi connectivity index (χ1) is 9.30. The van der Waals surface area contributed by atoms with Crippen LogP contribution in [0.3, 0.4) is 0 Å². The monoisotopic (exact) mass is 268 g/mol. The third-order valence-corrected chi connectivity index (χ3v) is 3.76. The lowest BCUT2D eigenvalue weighted by Crippen LogP contribution is -2.37. The summed E-state index contributed by atoms with van der Waals surface area (Å²) in [7, 11) is 0. The van der Waals surface area contributed by atoms with Gasteiger partial charge >= 0.3 is 0 Å². The summed E-state index contributed by atoms with van der Waals surface area (Å²) in [5.41, 5.74) is 0. The highest BCUT2D eigenvalue weighted by molar-refractivity contribution is 4.84. The van der Waals surface area contributed by atoms with E-state index >= 15 is 0 Å². The maximum Gasteiger partial charge on any atom is 0.242 e. The molecule has 106 valence electrons. The standard InChI is InChI=1S/C13H20N2O4/c1-2-11-14-15-12(19-11)9-16-10-3-5-13(6-4-10)17-7-8-18-13/h10H,2-9H2,1H3. The number of nitrogens with zero attached hydrogens (tertiary/aromatic N) is 2. The minimum absolute atomic E-state index is 0.232. The molecule has 3 rings (SSSR count). The van der Waals surface area contributed by atoms with Crippen LogP contribution in [0.5, 0.6) is 0 Å². The van der Waals surface area contributed by atoms with E-state index in [-0.39, 0.29) is 11.9 Å². The molecule has 0 atom stereocenters. The summed E-state index contributed by atoms with van der Waals surface area (Å²) in [6.45, 7) is 3.81. The fourth-order valence-electron chi connectivity index (χ4n) is 2.66. The molecular formula is C13H20N2O4. The molecule has 0 unspecified atom stereocenters. The molecule has 1 saturated heterocycles. The predicted octanol–water partition coefficient (Wildman–Crippen LogP) is 1.83. The molecule has 1 aliphatic carbocycles. The van der Waals surface area contributed by atoms with Gasteiger partial charge in [0.25, 0.3) is 0 Å². The van der Waals surface area contributed by atoms with E-state index in [0.29, 0.717) is 31.6 Å². The van der Waals surface area contributed by atoms with E-state index < -0.39 is 0 Å². The molecule has 1 saturated carbocycles. The molecular weight excluding hydrogens is 248 g/mol. The summed E-state index contributed by atoms with van der Waals surface area (Å²) in [4.78, 5) is 0. The molecule has 2 fully saturated rings. The molecule has 6 heteroatoms. The lowest BCUT2D eigenvalue weighted by molar-refractivity contribution is -0.193.